The summed E-state index contributed by atoms with van der Waals surface area (Å²) in [5.41, 5.74) is 0.466. The van der Waals surface area contributed by atoms with Crippen LogP contribution >= 0.6 is 15.9 Å². The van der Waals surface area contributed by atoms with Crippen LogP contribution in [-0.2, 0) is 6.42 Å². The molecule has 0 radical (unpaired) electrons. The number of nitrogens with zero attached hydrogens (tertiary/aromatic N) is 1. The predicted molar refractivity (Wildman–Crippen MR) is 68.2 cm³/mol. The molecule has 1 aromatic heterocycles. The van der Waals surface area contributed by atoms with Gasteiger partial charge in [-0.2, -0.15) is 0 Å². The number of hydrogen-bond acceptors (Lipinski definition) is 2. The molecule has 1 saturated carbocycles. The van der Waals surface area contributed by atoms with Gasteiger partial charge in [-0.05, 0) is 59.7 Å². The first-order chi connectivity index (χ1) is 7.57. The molecule has 0 atom stereocenters. The highest BCUT2D eigenvalue weighted by Crippen LogP contribution is 2.33. The Hall–Kier alpha value is -0.410. The minimum Gasteiger partial charge on any atom is -0.389 e. The van der Waals surface area contributed by atoms with Crippen molar-refractivity contribution in [3.63, 3.8) is 0 Å². The fourth-order valence-electron chi connectivity index (χ4n) is 2.32. The van der Waals surface area contributed by atoms with Crippen molar-refractivity contribution in [2.24, 2.45) is 5.92 Å². The number of pyridine rings is 1. The standard InChI is InChI=1S/C13H18BrNO/c1-10-4-6-13(16,7-5-10)8-12-3-2-11(14)9-15-12/h2-3,9-10,16H,4-8H2,1H3. The van der Waals surface area contributed by atoms with E-state index in [1.165, 1.54) is 0 Å². The second-order valence-electron chi connectivity index (χ2n) is 5.05. The zero-order valence-electron chi connectivity index (χ0n) is 9.62. The number of halogens is 1. The van der Waals surface area contributed by atoms with Crippen molar-refractivity contribution in [3.8, 4) is 0 Å². The average Bonchev–Trinajstić information content (AvgIpc) is 2.27. The van der Waals surface area contributed by atoms with Gasteiger partial charge in [0.05, 0.1) is 5.60 Å². The molecule has 0 saturated heterocycles. The van der Waals surface area contributed by atoms with Crippen LogP contribution in [0.3, 0.4) is 0 Å². The van der Waals surface area contributed by atoms with E-state index < -0.39 is 5.60 Å². The molecule has 1 aromatic rings. The lowest BCUT2D eigenvalue weighted by Gasteiger charge is -2.34. The van der Waals surface area contributed by atoms with Gasteiger partial charge in [0.1, 0.15) is 0 Å². The molecule has 2 nitrogen and oxygen atoms in total. The Kier molecular flexibility index (Phi) is 3.65. The van der Waals surface area contributed by atoms with Crippen molar-refractivity contribution < 1.29 is 5.11 Å². The van der Waals surface area contributed by atoms with Crippen molar-refractivity contribution in [3.05, 3.63) is 28.5 Å². The maximum absolute atomic E-state index is 10.5. The van der Waals surface area contributed by atoms with Gasteiger partial charge in [-0.25, -0.2) is 0 Å². The van der Waals surface area contributed by atoms with Crippen LogP contribution < -0.4 is 0 Å². The Bertz CT molecular complexity index is 341. The lowest BCUT2D eigenvalue weighted by Crippen LogP contribution is -2.36. The van der Waals surface area contributed by atoms with Gasteiger partial charge in [0.25, 0.3) is 0 Å². The summed E-state index contributed by atoms with van der Waals surface area (Å²) in [6.07, 6.45) is 6.56. The van der Waals surface area contributed by atoms with E-state index in [1.54, 1.807) is 6.20 Å². The van der Waals surface area contributed by atoms with Crippen molar-refractivity contribution in [2.45, 2.75) is 44.6 Å². The normalized spacial score (nSPS) is 30.3. The first-order valence-electron chi connectivity index (χ1n) is 5.90. The molecule has 16 heavy (non-hydrogen) atoms. The van der Waals surface area contributed by atoms with Crippen LogP contribution in [0.15, 0.2) is 22.8 Å². The number of aromatic nitrogens is 1. The van der Waals surface area contributed by atoms with Crippen LogP contribution in [-0.4, -0.2) is 15.7 Å². The smallest absolute Gasteiger partial charge is 0.0703 e. The van der Waals surface area contributed by atoms with E-state index in [4.69, 9.17) is 0 Å². The zero-order chi connectivity index (χ0) is 11.6. The van der Waals surface area contributed by atoms with Gasteiger partial charge < -0.3 is 5.11 Å². The highest BCUT2D eigenvalue weighted by molar-refractivity contribution is 9.10. The van der Waals surface area contributed by atoms with Gasteiger partial charge in [-0.15, -0.1) is 0 Å². The van der Waals surface area contributed by atoms with E-state index in [9.17, 15) is 5.11 Å². The fraction of sp³-hybridized carbons (Fsp3) is 0.615. The minimum absolute atomic E-state index is 0.520. The van der Waals surface area contributed by atoms with Gasteiger partial charge in [0, 0.05) is 22.8 Å². The molecular weight excluding hydrogens is 266 g/mol. The van der Waals surface area contributed by atoms with E-state index in [1.807, 2.05) is 12.1 Å². The Morgan fingerprint density at radius 3 is 2.69 bits per heavy atom. The number of rotatable bonds is 2. The van der Waals surface area contributed by atoms with Crippen LogP contribution in [0.1, 0.15) is 38.3 Å². The molecule has 0 unspecified atom stereocenters. The quantitative estimate of drug-likeness (QED) is 0.903. The predicted octanol–water partition coefficient (Wildman–Crippen LogP) is 3.33. The minimum atomic E-state index is -0.520. The SMILES string of the molecule is CC1CCC(O)(Cc2ccc(Br)cn2)CC1. The molecule has 0 aliphatic heterocycles. The Morgan fingerprint density at radius 1 is 1.44 bits per heavy atom. The summed E-state index contributed by atoms with van der Waals surface area (Å²) in [5.74, 6) is 0.762. The number of aliphatic hydroxyl groups is 1. The summed E-state index contributed by atoms with van der Waals surface area (Å²) in [7, 11) is 0. The molecule has 3 heteroatoms. The van der Waals surface area contributed by atoms with Crippen molar-refractivity contribution in [1.29, 1.82) is 0 Å². The molecule has 1 fully saturated rings. The van der Waals surface area contributed by atoms with E-state index in [2.05, 4.69) is 27.8 Å². The third-order valence-corrected chi connectivity index (χ3v) is 3.97. The summed E-state index contributed by atoms with van der Waals surface area (Å²) < 4.78 is 0.987. The van der Waals surface area contributed by atoms with Crippen molar-refractivity contribution in [1.82, 2.24) is 4.98 Å². The molecule has 0 aromatic carbocycles. The highest BCUT2D eigenvalue weighted by Gasteiger charge is 2.32. The van der Waals surface area contributed by atoms with Crippen LogP contribution in [0.25, 0.3) is 0 Å². The molecule has 0 spiro atoms. The topological polar surface area (TPSA) is 33.1 Å². The van der Waals surface area contributed by atoms with Gasteiger partial charge in [-0.3, -0.25) is 4.98 Å². The lowest BCUT2D eigenvalue weighted by atomic mass is 9.77. The molecule has 0 amide bonds. The van der Waals surface area contributed by atoms with Crippen LogP contribution in [0, 0.1) is 5.92 Å². The second kappa shape index (κ2) is 4.84. The summed E-state index contributed by atoms with van der Waals surface area (Å²) >= 11 is 3.37. The second-order valence-corrected chi connectivity index (χ2v) is 5.97. The van der Waals surface area contributed by atoms with Gasteiger partial charge in [0.15, 0.2) is 0 Å². The maximum Gasteiger partial charge on any atom is 0.0703 e. The molecule has 2 rings (SSSR count). The van der Waals surface area contributed by atoms with Crippen molar-refractivity contribution >= 4 is 15.9 Å². The summed E-state index contributed by atoms with van der Waals surface area (Å²) in [6.45, 7) is 2.26. The lowest BCUT2D eigenvalue weighted by molar-refractivity contribution is -0.00744. The van der Waals surface area contributed by atoms with Crippen LogP contribution in [0.5, 0.6) is 0 Å². The van der Waals surface area contributed by atoms with E-state index in [0.29, 0.717) is 6.42 Å². The molecule has 1 aliphatic carbocycles. The van der Waals surface area contributed by atoms with Crippen LogP contribution in [0.4, 0.5) is 0 Å². The van der Waals surface area contributed by atoms with Crippen molar-refractivity contribution in [2.75, 3.05) is 0 Å². The Morgan fingerprint density at radius 2 is 2.12 bits per heavy atom. The average molecular weight is 284 g/mol. The monoisotopic (exact) mass is 283 g/mol. The Labute approximate surface area is 105 Å². The zero-order valence-corrected chi connectivity index (χ0v) is 11.2. The summed E-state index contributed by atoms with van der Waals surface area (Å²) in [5, 5.41) is 10.5. The van der Waals surface area contributed by atoms with Gasteiger partial charge >= 0.3 is 0 Å². The van der Waals surface area contributed by atoms with Gasteiger partial charge in [0.2, 0.25) is 0 Å². The Balaban J connectivity index is 2.00. The van der Waals surface area contributed by atoms with Crippen LogP contribution in [0.2, 0.25) is 0 Å². The van der Waals surface area contributed by atoms with E-state index in [-0.39, 0.29) is 0 Å². The molecule has 1 N–H and O–H groups in total. The fourth-order valence-corrected chi connectivity index (χ4v) is 2.56. The summed E-state index contributed by atoms with van der Waals surface area (Å²) in [6, 6.07) is 3.97. The first-order valence-corrected chi connectivity index (χ1v) is 6.69. The maximum atomic E-state index is 10.5. The number of hydrogen-bond donors (Lipinski definition) is 1. The molecular formula is C13H18BrNO. The molecule has 1 heterocycles. The first kappa shape index (κ1) is 12.1. The van der Waals surface area contributed by atoms with E-state index in [0.717, 1.165) is 41.8 Å². The molecule has 88 valence electrons. The van der Waals surface area contributed by atoms with E-state index >= 15 is 0 Å². The molecule has 1 aliphatic rings. The molecule has 0 bridgehead atoms. The third-order valence-electron chi connectivity index (χ3n) is 3.50. The van der Waals surface area contributed by atoms with Gasteiger partial charge in [-0.1, -0.05) is 6.92 Å². The summed E-state index contributed by atoms with van der Waals surface area (Å²) in [4.78, 5) is 4.33. The largest absolute Gasteiger partial charge is 0.389 e. The highest BCUT2D eigenvalue weighted by atomic mass is 79.9. The third kappa shape index (κ3) is 3.05.